The summed E-state index contributed by atoms with van der Waals surface area (Å²) in [5.41, 5.74) is 2.11. The number of alkyl halides is 2. The molecule has 3 saturated heterocycles. The summed E-state index contributed by atoms with van der Waals surface area (Å²) in [4.78, 5) is 16.4. The monoisotopic (exact) mass is 675 g/mol. The average Bonchev–Trinajstić information content (AvgIpc) is 3.61. The number of hydrogen-bond acceptors (Lipinski definition) is 7. The van der Waals surface area contributed by atoms with Gasteiger partial charge in [-0.1, -0.05) is 18.5 Å². The summed E-state index contributed by atoms with van der Waals surface area (Å²) in [5, 5.41) is 14.6. The van der Waals surface area contributed by atoms with Crippen LogP contribution < -0.4 is 10.2 Å². The molecule has 1 unspecified atom stereocenters. The minimum Gasteiger partial charge on any atom is -0.444 e. The van der Waals surface area contributed by atoms with Crippen LogP contribution >= 0.6 is 11.6 Å². The van der Waals surface area contributed by atoms with Crippen molar-refractivity contribution in [2.75, 3.05) is 44.2 Å². The van der Waals surface area contributed by atoms with E-state index in [1.165, 1.54) is 0 Å². The second-order valence-corrected chi connectivity index (χ2v) is 14.6. The number of fused-ring (bicyclic) bond motifs is 1. The van der Waals surface area contributed by atoms with Gasteiger partial charge in [-0.15, -0.1) is 0 Å². The maximum absolute atomic E-state index is 15.1. The third-order valence-electron chi connectivity index (χ3n) is 10.0. The molecule has 3 fully saturated rings. The van der Waals surface area contributed by atoms with E-state index in [2.05, 4.69) is 5.32 Å². The van der Waals surface area contributed by atoms with Gasteiger partial charge in [0.05, 0.1) is 22.8 Å². The van der Waals surface area contributed by atoms with Gasteiger partial charge in [-0.2, -0.15) is 10.2 Å². The molecule has 2 atom stereocenters. The number of aromatic nitrogens is 4. The summed E-state index contributed by atoms with van der Waals surface area (Å²) in [6.07, 6.45) is 3.23. The molecule has 0 spiro atoms. The van der Waals surface area contributed by atoms with Gasteiger partial charge in [-0.25, -0.2) is 18.3 Å². The van der Waals surface area contributed by atoms with Crippen LogP contribution in [-0.2, 0) is 9.47 Å². The number of aryl methyl sites for hydroxylation is 1. The number of hydrogen-bond donors (Lipinski definition) is 1. The second kappa shape index (κ2) is 13.2. The van der Waals surface area contributed by atoms with Gasteiger partial charge in [0.25, 0.3) is 6.43 Å². The van der Waals surface area contributed by atoms with Gasteiger partial charge in [-0.05, 0) is 84.8 Å². The van der Waals surface area contributed by atoms with Crippen LogP contribution in [0.1, 0.15) is 89.7 Å². The van der Waals surface area contributed by atoms with E-state index >= 15 is 8.78 Å². The van der Waals surface area contributed by atoms with Crippen LogP contribution in [0.2, 0.25) is 5.02 Å². The van der Waals surface area contributed by atoms with Gasteiger partial charge in [-0.3, -0.25) is 4.68 Å². The number of piperazine rings is 1. The normalized spacial score (nSPS) is 23.2. The number of nitrogens with one attached hydrogen (secondary N) is 1. The van der Waals surface area contributed by atoms with Gasteiger partial charge >= 0.3 is 6.09 Å². The van der Waals surface area contributed by atoms with Crippen molar-refractivity contribution in [2.24, 2.45) is 0 Å². The molecule has 5 heterocycles. The quantitative estimate of drug-likeness (QED) is 0.294. The van der Waals surface area contributed by atoms with Crippen molar-refractivity contribution < 1.29 is 23.0 Å². The lowest BCUT2D eigenvalue weighted by Gasteiger charge is -2.47. The van der Waals surface area contributed by atoms with Crippen LogP contribution in [0.3, 0.4) is 0 Å². The number of carbonyl (C=O) groups is 1. The Labute approximate surface area is 280 Å². The van der Waals surface area contributed by atoms with Crippen molar-refractivity contribution in [3.63, 3.8) is 0 Å². The summed E-state index contributed by atoms with van der Waals surface area (Å²) in [6.45, 7) is 14.2. The minimum absolute atomic E-state index is 0.0379. The molecule has 3 aliphatic rings. The molecule has 0 saturated carbocycles. The Hall–Kier alpha value is -2.96. The highest BCUT2D eigenvalue weighted by Gasteiger charge is 2.48. The predicted octanol–water partition coefficient (Wildman–Crippen LogP) is 7.26. The standard InChI is InChI=1S/C34H48ClF2N7O3/c1-7-34(31(36)37)20-38-13-16-42(34)30-27(22(3)43(40-30)23-11-14-41(15-12-23)32(45)47-33(4,5)6)28-24-19-39-44(26-10-8-9-17-46-26)25(24)18-21(2)29(28)35/h18-19,23,26,31,38H,7-17,20H2,1-6H3/t26?,34-/m0/s1. The lowest BCUT2D eigenvalue weighted by Crippen LogP contribution is -2.65. The number of nitrogens with zero attached hydrogens (tertiary/aromatic N) is 6. The number of likely N-dealkylation sites (tertiary alicyclic amines) is 1. The van der Waals surface area contributed by atoms with Crippen LogP contribution in [-0.4, -0.2) is 87.5 Å². The SMILES string of the molecule is CC[C@@]1(C(F)F)CNCCN1c1nn(C2CCN(C(=O)OC(C)(C)C)CC2)c(C)c1-c1c(Cl)c(C)cc2c1cnn2C1CCCCO1. The lowest BCUT2D eigenvalue weighted by molar-refractivity contribution is -0.0366. The maximum atomic E-state index is 15.1. The third-order valence-corrected chi connectivity index (χ3v) is 10.5. The van der Waals surface area contributed by atoms with E-state index in [9.17, 15) is 4.79 Å². The minimum atomic E-state index is -2.60. The first-order chi connectivity index (χ1) is 22.4. The first-order valence-corrected chi connectivity index (χ1v) is 17.4. The Kier molecular flexibility index (Phi) is 9.50. The Bertz CT molecular complexity index is 1610. The van der Waals surface area contributed by atoms with E-state index in [1.54, 1.807) is 4.90 Å². The van der Waals surface area contributed by atoms with Crippen LogP contribution in [0.15, 0.2) is 12.3 Å². The first kappa shape index (κ1) is 33.9. The van der Waals surface area contributed by atoms with E-state index in [0.717, 1.165) is 52.5 Å². The zero-order valence-electron chi connectivity index (χ0n) is 28.4. The summed E-state index contributed by atoms with van der Waals surface area (Å²) < 4.78 is 45.9. The molecule has 1 amide bonds. The maximum Gasteiger partial charge on any atom is 0.410 e. The highest BCUT2D eigenvalue weighted by atomic mass is 35.5. The van der Waals surface area contributed by atoms with Crippen molar-refractivity contribution in [3.05, 3.63) is 28.5 Å². The summed E-state index contributed by atoms with van der Waals surface area (Å²) in [7, 11) is 0. The van der Waals surface area contributed by atoms with E-state index in [-0.39, 0.29) is 31.3 Å². The van der Waals surface area contributed by atoms with Gasteiger partial charge < -0.3 is 24.6 Å². The number of rotatable bonds is 6. The molecule has 47 heavy (non-hydrogen) atoms. The van der Waals surface area contributed by atoms with Crippen LogP contribution in [0, 0.1) is 13.8 Å². The molecular weight excluding hydrogens is 628 g/mol. The molecule has 0 bridgehead atoms. The third kappa shape index (κ3) is 6.21. The summed E-state index contributed by atoms with van der Waals surface area (Å²) >= 11 is 7.21. The van der Waals surface area contributed by atoms with Crippen LogP contribution in [0.25, 0.3) is 22.0 Å². The summed E-state index contributed by atoms with van der Waals surface area (Å²) in [6, 6.07) is 2.00. The largest absolute Gasteiger partial charge is 0.444 e. The van der Waals surface area contributed by atoms with Crippen molar-refractivity contribution >= 4 is 34.4 Å². The second-order valence-electron chi connectivity index (χ2n) is 14.2. The molecule has 0 radical (unpaired) electrons. The smallest absolute Gasteiger partial charge is 0.410 e. The Morgan fingerprint density at radius 1 is 1.15 bits per heavy atom. The molecule has 2 aromatic heterocycles. The average molecular weight is 676 g/mol. The van der Waals surface area contributed by atoms with E-state index in [0.29, 0.717) is 56.5 Å². The van der Waals surface area contributed by atoms with E-state index < -0.39 is 17.6 Å². The van der Waals surface area contributed by atoms with Crippen LogP contribution in [0.5, 0.6) is 0 Å². The molecule has 3 aromatic rings. The van der Waals surface area contributed by atoms with E-state index in [4.69, 9.17) is 31.3 Å². The number of anilines is 1. The molecule has 10 nitrogen and oxygen atoms in total. The molecule has 13 heteroatoms. The number of carbonyl (C=O) groups excluding carboxylic acids is 1. The molecular formula is C34H48ClF2N7O3. The zero-order chi connectivity index (χ0) is 33.7. The molecule has 6 rings (SSSR count). The Morgan fingerprint density at radius 3 is 2.53 bits per heavy atom. The molecule has 258 valence electrons. The Morgan fingerprint density at radius 2 is 1.89 bits per heavy atom. The lowest BCUT2D eigenvalue weighted by atomic mass is 9.90. The topological polar surface area (TPSA) is 89.7 Å². The van der Waals surface area contributed by atoms with E-state index in [1.807, 2.05) is 68.1 Å². The molecule has 1 aromatic carbocycles. The number of amides is 1. The van der Waals surface area contributed by atoms with Gasteiger partial charge in [0.15, 0.2) is 12.0 Å². The zero-order valence-corrected chi connectivity index (χ0v) is 29.2. The highest BCUT2D eigenvalue weighted by molar-refractivity contribution is 6.36. The summed E-state index contributed by atoms with van der Waals surface area (Å²) in [5.74, 6) is 0.510. The fourth-order valence-corrected chi connectivity index (χ4v) is 7.69. The Balaban J connectivity index is 1.48. The predicted molar refractivity (Wildman–Crippen MR) is 180 cm³/mol. The first-order valence-electron chi connectivity index (χ1n) is 17.0. The highest BCUT2D eigenvalue weighted by Crippen LogP contribution is 2.47. The van der Waals surface area contributed by atoms with Gasteiger partial charge in [0.2, 0.25) is 0 Å². The molecule has 0 aliphatic carbocycles. The fourth-order valence-electron chi connectivity index (χ4n) is 7.44. The molecule has 1 N–H and O–H groups in total. The van der Waals surface area contributed by atoms with Crippen molar-refractivity contribution in [2.45, 2.75) is 110 Å². The number of benzene rings is 1. The van der Waals surface area contributed by atoms with Crippen molar-refractivity contribution in [3.8, 4) is 11.1 Å². The number of halogens is 3. The van der Waals surface area contributed by atoms with Gasteiger partial charge in [0, 0.05) is 61.5 Å². The van der Waals surface area contributed by atoms with Crippen molar-refractivity contribution in [1.82, 2.24) is 29.8 Å². The molecule has 3 aliphatic heterocycles. The fraction of sp³-hybridized carbons (Fsp3) is 0.676. The number of ether oxygens (including phenoxy) is 2. The van der Waals surface area contributed by atoms with Crippen LogP contribution in [0.4, 0.5) is 19.4 Å². The van der Waals surface area contributed by atoms with Gasteiger partial charge in [0.1, 0.15) is 11.1 Å². The number of piperidine rings is 1. The van der Waals surface area contributed by atoms with Crippen molar-refractivity contribution in [1.29, 1.82) is 0 Å².